The monoisotopic (exact) mass is 260 g/mol. The highest BCUT2D eigenvalue weighted by Crippen LogP contribution is 2.10. The van der Waals surface area contributed by atoms with Gasteiger partial charge < -0.3 is 10.6 Å². The van der Waals surface area contributed by atoms with E-state index in [0.29, 0.717) is 17.5 Å². The second-order valence-electron chi connectivity index (χ2n) is 4.95. The molecule has 0 aromatic heterocycles. The summed E-state index contributed by atoms with van der Waals surface area (Å²) in [7, 11) is 1.65. The van der Waals surface area contributed by atoms with Gasteiger partial charge >= 0.3 is 0 Å². The first-order valence-electron chi connectivity index (χ1n) is 6.73. The molecule has 1 aromatic rings. The summed E-state index contributed by atoms with van der Waals surface area (Å²) in [4.78, 5) is 11.6. The summed E-state index contributed by atoms with van der Waals surface area (Å²) >= 11 is 0. The van der Waals surface area contributed by atoms with Crippen LogP contribution in [0.5, 0.6) is 0 Å². The van der Waals surface area contributed by atoms with Crippen molar-refractivity contribution in [3.05, 3.63) is 48.0 Å². The number of hydrogen-bond donors (Lipinski definition) is 2. The SMILES string of the molecule is C=CC[C@H](C)[C@@H](C)NCc1cccc(C(=O)NC)c1. The van der Waals surface area contributed by atoms with E-state index in [1.54, 1.807) is 7.05 Å². The maximum Gasteiger partial charge on any atom is 0.251 e. The molecule has 0 spiro atoms. The van der Waals surface area contributed by atoms with E-state index in [0.717, 1.165) is 18.5 Å². The van der Waals surface area contributed by atoms with Crippen molar-refractivity contribution in [1.29, 1.82) is 0 Å². The number of carbonyl (C=O) groups excluding carboxylic acids is 1. The average molecular weight is 260 g/mol. The first-order chi connectivity index (χ1) is 9.08. The molecule has 3 nitrogen and oxygen atoms in total. The molecule has 0 aliphatic rings. The van der Waals surface area contributed by atoms with E-state index < -0.39 is 0 Å². The van der Waals surface area contributed by atoms with Gasteiger partial charge in [0.1, 0.15) is 0 Å². The topological polar surface area (TPSA) is 41.1 Å². The minimum absolute atomic E-state index is 0.0464. The van der Waals surface area contributed by atoms with Crippen molar-refractivity contribution in [2.24, 2.45) is 5.92 Å². The van der Waals surface area contributed by atoms with Gasteiger partial charge in [0.25, 0.3) is 5.91 Å². The van der Waals surface area contributed by atoms with E-state index in [1.165, 1.54) is 0 Å². The fourth-order valence-corrected chi connectivity index (χ4v) is 1.91. The molecule has 0 fully saturated rings. The summed E-state index contributed by atoms with van der Waals surface area (Å²) in [6.07, 6.45) is 2.96. The van der Waals surface area contributed by atoms with Gasteiger partial charge in [-0.25, -0.2) is 0 Å². The van der Waals surface area contributed by atoms with Crippen molar-refractivity contribution in [2.45, 2.75) is 32.9 Å². The first kappa shape index (κ1) is 15.4. The van der Waals surface area contributed by atoms with E-state index in [4.69, 9.17) is 0 Å². The molecule has 0 saturated heterocycles. The second-order valence-corrected chi connectivity index (χ2v) is 4.95. The van der Waals surface area contributed by atoms with Crippen molar-refractivity contribution in [3.8, 4) is 0 Å². The molecule has 0 saturated carbocycles. The Hall–Kier alpha value is -1.61. The Kier molecular flexibility index (Phi) is 6.30. The lowest BCUT2D eigenvalue weighted by Gasteiger charge is -2.20. The van der Waals surface area contributed by atoms with Crippen LogP contribution < -0.4 is 10.6 Å². The number of allylic oxidation sites excluding steroid dienone is 1. The predicted molar refractivity (Wildman–Crippen MR) is 80.1 cm³/mol. The van der Waals surface area contributed by atoms with Crippen molar-refractivity contribution in [2.75, 3.05) is 7.05 Å². The molecule has 0 unspecified atom stereocenters. The molecule has 19 heavy (non-hydrogen) atoms. The molecule has 3 heteroatoms. The lowest BCUT2D eigenvalue weighted by atomic mass is 9.99. The quantitative estimate of drug-likeness (QED) is 0.740. The van der Waals surface area contributed by atoms with E-state index in [9.17, 15) is 4.79 Å². The lowest BCUT2D eigenvalue weighted by Crippen LogP contribution is -2.31. The van der Waals surface area contributed by atoms with Crippen LogP contribution in [0.2, 0.25) is 0 Å². The maximum atomic E-state index is 11.6. The molecular formula is C16H24N2O. The van der Waals surface area contributed by atoms with Crippen LogP contribution in [0, 0.1) is 5.92 Å². The molecular weight excluding hydrogens is 236 g/mol. The van der Waals surface area contributed by atoms with Crippen molar-refractivity contribution in [3.63, 3.8) is 0 Å². The van der Waals surface area contributed by atoms with Gasteiger partial charge in [-0.1, -0.05) is 25.1 Å². The Morgan fingerprint density at radius 3 is 2.79 bits per heavy atom. The summed E-state index contributed by atoms with van der Waals surface area (Å²) in [6, 6.07) is 8.12. The molecule has 1 aromatic carbocycles. The zero-order valence-corrected chi connectivity index (χ0v) is 12.1. The number of benzene rings is 1. The van der Waals surface area contributed by atoms with Gasteiger partial charge in [0.05, 0.1) is 0 Å². The smallest absolute Gasteiger partial charge is 0.251 e. The van der Waals surface area contributed by atoms with Crippen molar-refractivity contribution >= 4 is 5.91 Å². The van der Waals surface area contributed by atoms with Crippen LogP contribution >= 0.6 is 0 Å². The Labute approximate surface area is 116 Å². The molecule has 0 bridgehead atoms. The molecule has 0 heterocycles. The van der Waals surface area contributed by atoms with Crippen LogP contribution in [0.15, 0.2) is 36.9 Å². The fraction of sp³-hybridized carbons (Fsp3) is 0.438. The highest BCUT2D eigenvalue weighted by Gasteiger charge is 2.10. The van der Waals surface area contributed by atoms with Gasteiger partial charge in [0.15, 0.2) is 0 Å². The summed E-state index contributed by atoms with van der Waals surface area (Å²) in [5.74, 6) is 0.509. The minimum Gasteiger partial charge on any atom is -0.355 e. The molecule has 1 rings (SSSR count). The summed E-state index contributed by atoms with van der Waals surface area (Å²) in [5, 5.41) is 6.13. The van der Waals surface area contributed by atoms with Gasteiger partial charge in [-0.2, -0.15) is 0 Å². The highest BCUT2D eigenvalue weighted by atomic mass is 16.1. The Bertz CT molecular complexity index is 429. The van der Waals surface area contributed by atoms with Crippen molar-refractivity contribution < 1.29 is 4.79 Å². The Morgan fingerprint density at radius 1 is 1.42 bits per heavy atom. The number of amides is 1. The molecule has 0 aliphatic heterocycles. The molecule has 0 radical (unpaired) electrons. The van der Waals surface area contributed by atoms with Gasteiger partial charge in [-0.15, -0.1) is 6.58 Å². The molecule has 104 valence electrons. The van der Waals surface area contributed by atoms with Crippen LogP contribution in [-0.2, 0) is 6.54 Å². The summed E-state index contributed by atoms with van der Waals surface area (Å²) in [6.45, 7) is 8.93. The molecule has 2 atom stereocenters. The number of carbonyl (C=O) groups is 1. The lowest BCUT2D eigenvalue weighted by molar-refractivity contribution is 0.0963. The average Bonchev–Trinajstić information content (AvgIpc) is 2.44. The molecule has 0 aliphatic carbocycles. The first-order valence-corrected chi connectivity index (χ1v) is 6.73. The zero-order valence-electron chi connectivity index (χ0n) is 12.1. The molecule has 2 N–H and O–H groups in total. The second kappa shape index (κ2) is 7.74. The Balaban J connectivity index is 2.58. The van der Waals surface area contributed by atoms with E-state index in [1.807, 2.05) is 30.3 Å². The fourth-order valence-electron chi connectivity index (χ4n) is 1.91. The van der Waals surface area contributed by atoms with Gasteiger partial charge in [0.2, 0.25) is 0 Å². The molecule has 1 amide bonds. The van der Waals surface area contributed by atoms with Crippen LogP contribution in [0.1, 0.15) is 36.2 Å². The van der Waals surface area contributed by atoms with Crippen LogP contribution in [0.4, 0.5) is 0 Å². The zero-order chi connectivity index (χ0) is 14.3. The van der Waals surface area contributed by atoms with E-state index in [2.05, 4.69) is 31.1 Å². The summed E-state index contributed by atoms with van der Waals surface area (Å²) < 4.78 is 0. The van der Waals surface area contributed by atoms with Crippen molar-refractivity contribution in [1.82, 2.24) is 10.6 Å². The minimum atomic E-state index is -0.0464. The van der Waals surface area contributed by atoms with Gasteiger partial charge in [-0.05, 0) is 37.0 Å². The number of nitrogens with one attached hydrogen (secondary N) is 2. The third kappa shape index (κ3) is 4.87. The Morgan fingerprint density at radius 2 is 2.16 bits per heavy atom. The maximum absolute atomic E-state index is 11.6. The third-order valence-corrected chi connectivity index (χ3v) is 3.44. The van der Waals surface area contributed by atoms with Gasteiger partial charge in [-0.3, -0.25) is 4.79 Å². The van der Waals surface area contributed by atoms with Crippen LogP contribution in [0.3, 0.4) is 0 Å². The van der Waals surface area contributed by atoms with E-state index >= 15 is 0 Å². The largest absolute Gasteiger partial charge is 0.355 e. The standard InChI is InChI=1S/C16H24N2O/c1-5-7-12(2)13(3)18-11-14-8-6-9-15(10-14)16(19)17-4/h5-6,8-10,12-13,18H,1,7,11H2,2-4H3,(H,17,19)/t12-,13+/m0/s1. The normalized spacial score (nSPS) is 13.6. The third-order valence-electron chi connectivity index (χ3n) is 3.44. The number of hydrogen-bond acceptors (Lipinski definition) is 2. The van der Waals surface area contributed by atoms with Gasteiger partial charge in [0, 0.05) is 25.2 Å². The predicted octanol–water partition coefficient (Wildman–Crippen LogP) is 2.74. The van der Waals surface area contributed by atoms with Crippen LogP contribution in [-0.4, -0.2) is 19.0 Å². The highest BCUT2D eigenvalue weighted by molar-refractivity contribution is 5.94. The van der Waals surface area contributed by atoms with E-state index in [-0.39, 0.29) is 5.91 Å². The van der Waals surface area contributed by atoms with Crippen LogP contribution in [0.25, 0.3) is 0 Å². The number of rotatable bonds is 7. The summed E-state index contributed by atoms with van der Waals surface area (Å²) in [5.41, 5.74) is 1.83.